The molecule has 21 heavy (non-hydrogen) atoms. The van der Waals surface area contributed by atoms with Gasteiger partial charge in [-0.15, -0.1) is 0 Å². The van der Waals surface area contributed by atoms with Crippen LogP contribution in [0.2, 0.25) is 0 Å². The largest absolute Gasteiger partial charge is 0.493 e. The summed E-state index contributed by atoms with van der Waals surface area (Å²) in [7, 11) is 1.65. The number of aliphatic hydroxyl groups is 1. The monoisotopic (exact) mass is 294 g/mol. The summed E-state index contributed by atoms with van der Waals surface area (Å²) in [5.41, 5.74) is 0.425. The molecule has 0 radical (unpaired) electrons. The van der Waals surface area contributed by atoms with Crippen molar-refractivity contribution in [1.29, 1.82) is 0 Å². The van der Waals surface area contributed by atoms with Crippen LogP contribution in [0.5, 0.6) is 5.75 Å². The van der Waals surface area contributed by atoms with Gasteiger partial charge < -0.3 is 9.84 Å². The van der Waals surface area contributed by atoms with E-state index in [1.807, 2.05) is 11.6 Å². The van der Waals surface area contributed by atoms with E-state index in [-0.39, 0.29) is 0 Å². The molecule has 4 heteroatoms. The third-order valence-electron chi connectivity index (χ3n) is 5.60. The SMILES string of the molecule is CCn1ncc(OC)c1C1(O)CCC(C(C)(C)CC)CC1. The highest BCUT2D eigenvalue weighted by atomic mass is 16.5. The normalized spacial score (nSPS) is 26.9. The minimum Gasteiger partial charge on any atom is -0.493 e. The molecule has 1 N–H and O–H groups in total. The maximum absolute atomic E-state index is 11.2. The third-order valence-corrected chi connectivity index (χ3v) is 5.60. The Morgan fingerprint density at radius 1 is 1.38 bits per heavy atom. The van der Waals surface area contributed by atoms with Crippen molar-refractivity contribution in [2.45, 2.75) is 71.9 Å². The maximum atomic E-state index is 11.2. The predicted octanol–water partition coefficient (Wildman–Crippen LogP) is 3.73. The molecule has 1 heterocycles. The topological polar surface area (TPSA) is 47.3 Å². The van der Waals surface area contributed by atoms with Gasteiger partial charge in [-0.25, -0.2) is 0 Å². The van der Waals surface area contributed by atoms with Gasteiger partial charge in [0.25, 0.3) is 0 Å². The van der Waals surface area contributed by atoms with Gasteiger partial charge in [0, 0.05) is 6.54 Å². The fraction of sp³-hybridized carbons (Fsp3) is 0.824. The number of methoxy groups -OCH3 is 1. The van der Waals surface area contributed by atoms with Crippen LogP contribution in [-0.4, -0.2) is 22.0 Å². The molecule has 0 saturated heterocycles. The molecule has 0 atom stereocenters. The van der Waals surface area contributed by atoms with Crippen LogP contribution in [0.4, 0.5) is 0 Å². The van der Waals surface area contributed by atoms with Crippen molar-refractivity contribution in [1.82, 2.24) is 9.78 Å². The molecule has 0 spiro atoms. The first kappa shape index (κ1) is 16.3. The van der Waals surface area contributed by atoms with Crippen LogP contribution in [0, 0.1) is 11.3 Å². The second-order valence-corrected chi connectivity index (χ2v) is 7.03. The van der Waals surface area contributed by atoms with Crippen molar-refractivity contribution in [3.8, 4) is 5.75 Å². The van der Waals surface area contributed by atoms with E-state index < -0.39 is 5.60 Å². The van der Waals surface area contributed by atoms with Gasteiger partial charge in [0.1, 0.15) is 11.3 Å². The summed E-state index contributed by atoms with van der Waals surface area (Å²) in [5.74, 6) is 1.40. The van der Waals surface area contributed by atoms with Crippen LogP contribution >= 0.6 is 0 Å². The molecule has 1 aromatic rings. The smallest absolute Gasteiger partial charge is 0.162 e. The van der Waals surface area contributed by atoms with Crippen molar-refractivity contribution in [2.24, 2.45) is 11.3 Å². The Morgan fingerprint density at radius 2 is 2.00 bits per heavy atom. The lowest BCUT2D eigenvalue weighted by Gasteiger charge is -2.42. The van der Waals surface area contributed by atoms with E-state index in [2.05, 4.69) is 25.9 Å². The van der Waals surface area contributed by atoms with Gasteiger partial charge in [-0.2, -0.15) is 5.10 Å². The Labute approximate surface area is 128 Å². The molecule has 1 fully saturated rings. The summed E-state index contributed by atoms with van der Waals surface area (Å²) in [6.07, 6.45) is 6.63. The number of nitrogens with zero attached hydrogens (tertiary/aromatic N) is 2. The fourth-order valence-corrected chi connectivity index (χ4v) is 3.63. The van der Waals surface area contributed by atoms with Gasteiger partial charge in [0.15, 0.2) is 5.75 Å². The van der Waals surface area contributed by atoms with Crippen LogP contribution in [0.3, 0.4) is 0 Å². The average Bonchev–Trinajstić information content (AvgIpc) is 2.91. The lowest BCUT2D eigenvalue weighted by molar-refractivity contribution is -0.0405. The van der Waals surface area contributed by atoms with Crippen LogP contribution in [0.15, 0.2) is 6.20 Å². The van der Waals surface area contributed by atoms with Gasteiger partial charge in [-0.05, 0) is 43.9 Å². The van der Waals surface area contributed by atoms with Crippen LogP contribution in [-0.2, 0) is 12.1 Å². The standard InChI is InChI=1S/C17H30N2O2/c1-6-16(3,4)13-8-10-17(20,11-9-13)15-14(21-5)12-18-19(15)7-2/h12-13,20H,6-11H2,1-5H3. The molecule has 0 amide bonds. The molecule has 1 aliphatic carbocycles. The Kier molecular flexibility index (Phi) is 4.66. The van der Waals surface area contributed by atoms with Gasteiger partial charge in [0.05, 0.1) is 13.3 Å². The molecule has 0 bridgehead atoms. The Hall–Kier alpha value is -1.03. The van der Waals surface area contributed by atoms with Crippen molar-refractivity contribution in [3.63, 3.8) is 0 Å². The fourth-order valence-electron chi connectivity index (χ4n) is 3.63. The van der Waals surface area contributed by atoms with E-state index in [0.29, 0.717) is 17.1 Å². The summed E-state index contributed by atoms with van der Waals surface area (Å²) in [6.45, 7) is 9.75. The quantitative estimate of drug-likeness (QED) is 0.900. The highest BCUT2D eigenvalue weighted by molar-refractivity contribution is 5.31. The van der Waals surface area contributed by atoms with E-state index in [1.165, 1.54) is 6.42 Å². The highest BCUT2D eigenvalue weighted by Crippen LogP contribution is 2.48. The van der Waals surface area contributed by atoms with Gasteiger partial charge in [-0.1, -0.05) is 27.2 Å². The van der Waals surface area contributed by atoms with E-state index >= 15 is 0 Å². The van der Waals surface area contributed by atoms with E-state index in [0.717, 1.165) is 37.9 Å². The second-order valence-electron chi connectivity index (χ2n) is 7.03. The molecular weight excluding hydrogens is 264 g/mol. The first-order valence-corrected chi connectivity index (χ1v) is 8.20. The molecular formula is C17H30N2O2. The summed E-state index contributed by atoms with van der Waals surface area (Å²) in [4.78, 5) is 0. The van der Waals surface area contributed by atoms with E-state index in [9.17, 15) is 5.11 Å². The molecule has 0 aliphatic heterocycles. The molecule has 0 aromatic carbocycles. The first-order valence-electron chi connectivity index (χ1n) is 8.20. The third kappa shape index (κ3) is 2.96. The van der Waals surface area contributed by atoms with E-state index in [4.69, 9.17) is 4.74 Å². The molecule has 1 saturated carbocycles. The molecule has 1 aromatic heterocycles. The first-order chi connectivity index (χ1) is 9.88. The van der Waals surface area contributed by atoms with Gasteiger partial charge >= 0.3 is 0 Å². The minimum atomic E-state index is -0.793. The van der Waals surface area contributed by atoms with Crippen molar-refractivity contribution >= 4 is 0 Å². The maximum Gasteiger partial charge on any atom is 0.162 e. The summed E-state index contributed by atoms with van der Waals surface area (Å²) >= 11 is 0. The highest BCUT2D eigenvalue weighted by Gasteiger charge is 2.42. The zero-order chi connectivity index (χ0) is 15.7. The number of hydrogen-bond donors (Lipinski definition) is 1. The van der Waals surface area contributed by atoms with Gasteiger partial charge in [-0.3, -0.25) is 4.68 Å². The Balaban J connectivity index is 2.21. The molecule has 0 unspecified atom stereocenters. The second kappa shape index (κ2) is 5.99. The lowest BCUT2D eigenvalue weighted by Crippen LogP contribution is -2.38. The number of rotatable bonds is 5. The zero-order valence-electron chi connectivity index (χ0n) is 14.1. The zero-order valence-corrected chi connectivity index (χ0v) is 14.1. The van der Waals surface area contributed by atoms with Crippen LogP contribution < -0.4 is 4.74 Å². The van der Waals surface area contributed by atoms with Crippen molar-refractivity contribution in [2.75, 3.05) is 7.11 Å². The number of hydrogen-bond acceptors (Lipinski definition) is 3. The minimum absolute atomic E-state index is 0.358. The number of aromatic nitrogens is 2. The van der Waals surface area contributed by atoms with Crippen LogP contribution in [0.25, 0.3) is 0 Å². The number of ether oxygens (including phenoxy) is 1. The summed E-state index contributed by atoms with van der Waals surface area (Å²) in [5, 5.41) is 15.5. The van der Waals surface area contributed by atoms with E-state index in [1.54, 1.807) is 13.3 Å². The predicted molar refractivity (Wildman–Crippen MR) is 84.4 cm³/mol. The summed E-state index contributed by atoms with van der Waals surface area (Å²) < 4.78 is 7.30. The van der Waals surface area contributed by atoms with Crippen molar-refractivity contribution in [3.05, 3.63) is 11.9 Å². The van der Waals surface area contributed by atoms with Crippen LogP contribution in [0.1, 0.15) is 65.5 Å². The average molecular weight is 294 g/mol. The molecule has 4 nitrogen and oxygen atoms in total. The lowest BCUT2D eigenvalue weighted by atomic mass is 9.66. The van der Waals surface area contributed by atoms with Crippen molar-refractivity contribution < 1.29 is 9.84 Å². The molecule has 2 rings (SSSR count). The molecule has 120 valence electrons. The Bertz CT molecular complexity index is 450. The van der Waals surface area contributed by atoms with Gasteiger partial charge in [0.2, 0.25) is 0 Å². The molecule has 1 aliphatic rings. The number of aryl methyl sites for hydroxylation is 1. The Morgan fingerprint density at radius 3 is 2.48 bits per heavy atom. The summed E-state index contributed by atoms with van der Waals surface area (Å²) in [6, 6.07) is 0.